The van der Waals surface area contributed by atoms with Gasteiger partial charge in [-0.3, -0.25) is 0 Å². The van der Waals surface area contributed by atoms with Gasteiger partial charge in [0.2, 0.25) is 0 Å². The molecule has 0 N–H and O–H groups in total. The van der Waals surface area contributed by atoms with Crippen molar-refractivity contribution in [3.8, 4) is 11.5 Å². The maximum atomic E-state index is 13.0. The van der Waals surface area contributed by atoms with Crippen molar-refractivity contribution in [1.29, 1.82) is 0 Å². The highest BCUT2D eigenvalue weighted by atomic mass is 16.6. The maximum Gasteiger partial charge on any atom is 0.335 e. The number of carbonyl (C=O) groups is 1. The Morgan fingerprint density at radius 3 is 2.18 bits per heavy atom. The Bertz CT molecular complexity index is 1310. The second-order valence-electron chi connectivity index (χ2n) is 9.38. The minimum Gasteiger partial charge on any atom is -0.492 e. The Morgan fingerprint density at radius 1 is 0.769 bits per heavy atom. The third-order valence-electron chi connectivity index (χ3n) is 6.58. The maximum absolute atomic E-state index is 13.0. The fourth-order valence-corrected chi connectivity index (χ4v) is 4.47. The van der Waals surface area contributed by atoms with Crippen LogP contribution >= 0.6 is 0 Å². The van der Waals surface area contributed by atoms with Crippen LogP contribution in [0.2, 0.25) is 0 Å². The van der Waals surface area contributed by atoms with E-state index in [2.05, 4.69) is 11.0 Å². The van der Waals surface area contributed by atoms with Crippen LogP contribution in [0.4, 0.5) is 5.69 Å². The molecule has 0 aliphatic carbocycles. The summed E-state index contributed by atoms with van der Waals surface area (Å²) in [5.41, 5.74) is 4.02. The zero-order valence-corrected chi connectivity index (χ0v) is 21.9. The lowest BCUT2D eigenvalue weighted by molar-refractivity contribution is -0.159. The van der Waals surface area contributed by atoms with Gasteiger partial charge in [0, 0.05) is 6.42 Å². The first-order chi connectivity index (χ1) is 19.2. The van der Waals surface area contributed by atoms with E-state index in [1.807, 2.05) is 103 Å². The predicted molar refractivity (Wildman–Crippen MR) is 151 cm³/mol. The zero-order valence-electron chi connectivity index (χ0n) is 21.9. The van der Waals surface area contributed by atoms with Gasteiger partial charge in [-0.15, -0.1) is 0 Å². The Balaban J connectivity index is 1.16. The summed E-state index contributed by atoms with van der Waals surface area (Å²) in [5, 5.41) is 0. The predicted octanol–water partition coefficient (Wildman–Crippen LogP) is 5.84. The highest BCUT2D eigenvalue weighted by molar-refractivity contribution is 5.75. The lowest BCUT2D eigenvalue weighted by Crippen LogP contribution is -2.35. The quantitative estimate of drug-likeness (QED) is 0.218. The van der Waals surface area contributed by atoms with E-state index in [9.17, 15) is 4.79 Å². The second-order valence-corrected chi connectivity index (χ2v) is 9.38. The van der Waals surface area contributed by atoms with Crippen molar-refractivity contribution in [2.24, 2.45) is 0 Å². The highest BCUT2D eigenvalue weighted by Crippen LogP contribution is 2.30. The number of fused-ring (bicyclic) bond motifs is 1. The van der Waals surface area contributed by atoms with Crippen molar-refractivity contribution < 1.29 is 23.7 Å². The molecule has 1 heterocycles. The van der Waals surface area contributed by atoms with Gasteiger partial charge in [0.1, 0.15) is 31.3 Å². The van der Waals surface area contributed by atoms with Crippen LogP contribution in [0, 0.1) is 0 Å². The summed E-state index contributed by atoms with van der Waals surface area (Å²) >= 11 is 0. The average Bonchev–Trinajstić information content (AvgIpc) is 3.00. The summed E-state index contributed by atoms with van der Waals surface area (Å²) in [5.74, 6) is 1.33. The molecule has 0 saturated heterocycles. The lowest BCUT2D eigenvalue weighted by atomic mass is 10.1. The largest absolute Gasteiger partial charge is 0.492 e. The molecule has 1 atom stereocenters. The first kappa shape index (κ1) is 26.3. The standard InChI is InChI=1S/C33H33NO5/c35-33(39-25-28-11-5-2-6-12-28)32(38-24-27-9-3-1-4-10-27)23-26-15-17-29(18-16-26)36-21-19-34-20-22-37-31-14-8-7-13-30(31)34/h1-18,32H,19-25H2. The molecule has 6 nitrogen and oxygen atoms in total. The van der Waals surface area contributed by atoms with Gasteiger partial charge in [-0.1, -0.05) is 84.9 Å². The van der Waals surface area contributed by atoms with Crippen LogP contribution in [0.25, 0.3) is 0 Å². The monoisotopic (exact) mass is 523 g/mol. The number of rotatable bonds is 12. The van der Waals surface area contributed by atoms with Crippen LogP contribution in [0.1, 0.15) is 16.7 Å². The molecule has 0 spiro atoms. The number of nitrogens with zero attached hydrogens (tertiary/aromatic N) is 1. The number of esters is 1. The van der Waals surface area contributed by atoms with Gasteiger partial charge >= 0.3 is 5.97 Å². The third-order valence-corrected chi connectivity index (χ3v) is 6.58. The van der Waals surface area contributed by atoms with Gasteiger partial charge in [0.15, 0.2) is 6.10 Å². The molecule has 6 heteroatoms. The number of carbonyl (C=O) groups excluding carboxylic acids is 1. The topological polar surface area (TPSA) is 57.2 Å². The van der Waals surface area contributed by atoms with Gasteiger partial charge in [-0.25, -0.2) is 4.79 Å². The Kier molecular flexibility index (Phi) is 9.10. The van der Waals surface area contributed by atoms with Crippen molar-refractivity contribution in [2.75, 3.05) is 31.2 Å². The van der Waals surface area contributed by atoms with E-state index in [4.69, 9.17) is 18.9 Å². The summed E-state index contributed by atoms with van der Waals surface area (Å²) < 4.78 is 23.4. The number of para-hydroxylation sites is 2. The molecule has 39 heavy (non-hydrogen) atoms. The Hall–Kier alpha value is -4.29. The summed E-state index contributed by atoms with van der Waals surface area (Å²) in [7, 11) is 0. The third kappa shape index (κ3) is 7.62. The molecule has 0 bridgehead atoms. The fourth-order valence-electron chi connectivity index (χ4n) is 4.47. The fraction of sp³-hybridized carbons (Fsp3) is 0.242. The Morgan fingerprint density at radius 2 is 1.44 bits per heavy atom. The molecular weight excluding hydrogens is 490 g/mol. The average molecular weight is 524 g/mol. The molecule has 4 aromatic rings. The van der Waals surface area contributed by atoms with Gasteiger partial charge in [-0.05, 0) is 41.0 Å². The molecular formula is C33H33NO5. The van der Waals surface area contributed by atoms with Crippen LogP contribution in [0.5, 0.6) is 11.5 Å². The number of anilines is 1. The molecule has 200 valence electrons. The van der Waals surface area contributed by atoms with E-state index >= 15 is 0 Å². The molecule has 5 rings (SSSR count). The van der Waals surface area contributed by atoms with Crippen LogP contribution in [0.3, 0.4) is 0 Å². The van der Waals surface area contributed by atoms with Crippen molar-refractivity contribution >= 4 is 11.7 Å². The molecule has 0 fully saturated rings. The van der Waals surface area contributed by atoms with Gasteiger partial charge in [-0.2, -0.15) is 0 Å². The number of hydrogen-bond donors (Lipinski definition) is 0. The van der Waals surface area contributed by atoms with E-state index in [0.29, 0.717) is 26.2 Å². The van der Waals surface area contributed by atoms with Crippen LogP contribution in [-0.4, -0.2) is 38.4 Å². The minimum absolute atomic E-state index is 0.214. The summed E-state index contributed by atoms with van der Waals surface area (Å²) in [6, 6.07) is 35.4. The van der Waals surface area contributed by atoms with Crippen LogP contribution < -0.4 is 14.4 Å². The first-order valence-corrected chi connectivity index (χ1v) is 13.3. The van der Waals surface area contributed by atoms with E-state index in [-0.39, 0.29) is 12.6 Å². The minimum atomic E-state index is -0.720. The first-order valence-electron chi connectivity index (χ1n) is 13.3. The normalized spacial score (nSPS) is 13.2. The number of hydrogen-bond acceptors (Lipinski definition) is 6. The molecule has 0 aromatic heterocycles. The van der Waals surface area contributed by atoms with Crippen molar-refractivity contribution in [2.45, 2.75) is 25.7 Å². The van der Waals surface area contributed by atoms with E-state index in [0.717, 1.165) is 47.0 Å². The molecule has 1 unspecified atom stereocenters. The van der Waals surface area contributed by atoms with E-state index < -0.39 is 6.10 Å². The van der Waals surface area contributed by atoms with E-state index in [1.54, 1.807) is 0 Å². The molecule has 4 aromatic carbocycles. The van der Waals surface area contributed by atoms with E-state index in [1.165, 1.54) is 0 Å². The summed E-state index contributed by atoms with van der Waals surface area (Å²) in [4.78, 5) is 15.3. The van der Waals surface area contributed by atoms with Gasteiger partial charge < -0.3 is 23.8 Å². The van der Waals surface area contributed by atoms with Crippen LogP contribution in [0.15, 0.2) is 109 Å². The summed E-state index contributed by atoms with van der Waals surface area (Å²) in [6.45, 7) is 3.38. The van der Waals surface area contributed by atoms with Crippen molar-refractivity contribution in [3.63, 3.8) is 0 Å². The van der Waals surface area contributed by atoms with Crippen molar-refractivity contribution in [3.05, 3.63) is 126 Å². The SMILES string of the molecule is O=C(OCc1ccccc1)C(Cc1ccc(OCCN2CCOc3ccccc32)cc1)OCc1ccccc1. The molecule has 0 radical (unpaired) electrons. The molecule has 0 amide bonds. The Labute approximate surface area is 229 Å². The highest BCUT2D eigenvalue weighted by Gasteiger charge is 2.22. The molecule has 1 aliphatic heterocycles. The smallest absolute Gasteiger partial charge is 0.335 e. The second kappa shape index (κ2) is 13.5. The van der Waals surface area contributed by atoms with Gasteiger partial charge in [0.05, 0.1) is 25.4 Å². The van der Waals surface area contributed by atoms with Crippen molar-refractivity contribution in [1.82, 2.24) is 0 Å². The van der Waals surface area contributed by atoms with Gasteiger partial charge in [0.25, 0.3) is 0 Å². The number of benzene rings is 4. The molecule has 1 aliphatic rings. The number of ether oxygens (including phenoxy) is 4. The lowest BCUT2D eigenvalue weighted by Gasteiger charge is -2.31. The summed E-state index contributed by atoms with van der Waals surface area (Å²) in [6.07, 6.45) is -0.312. The zero-order chi connectivity index (χ0) is 26.7. The molecule has 0 saturated carbocycles. The van der Waals surface area contributed by atoms with Crippen LogP contribution in [-0.2, 0) is 33.9 Å².